The third kappa shape index (κ3) is 3.89. The fourth-order valence-electron chi connectivity index (χ4n) is 2.07. The van der Waals surface area contributed by atoms with Crippen LogP contribution in [0.5, 0.6) is 0 Å². The second-order valence-corrected chi connectivity index (χ2v) is 5.86. The van der Waals surface area contributed by atoms with Crippen LogP contribution in [-0.2, 0) is 0 Å². The van der Waals surface area contributed by atoms with Gasteiger partial charge in [-0.3, -0.25) is 10.1 Å². The molecule has 6 nitrogen and oxygen atoms in total. The summed E-state index contributed by atoms with van der Waals surface area (Å²) in [6, 6.07) is 9.04. The summed E-state index contributed by atoms with van der Waals surface area (Å²) in [6.07, 6.45) is 1.65. The average Bonchev–Trinajstić information content (AvgIpc) is 3.00. The summed E-state index contributed by atoms with van der Waals surface area (Å²) < 4.78 is 0. The van der Waals surface area contributed by atoms with Gasteiger partial charge in [-0.25, -0.2) is 15.0 Å². The molecular weight excluding hydrogens is 310 g/mol. The maximum Gasteiger partial charge on any atom is 0.257 e. The normalized spacial score (nSPS) is 10.3. The zero-order valence-electron chi connectivity index (χ0n) is 12.7. The van der Waals surface area contributed by atoms with Crippen molar-refractivity contribution < 1.29 is 4.79 Å². The molecule has 0 saturated heterocycles. The number of aryl methyl sites for hydroxylation is 2. The van der Waals surface area contributed by atoms with E-state index in [0.717, 1.165) is 17.1 Å². The molecule has 0 aliphatic heterocycles. The molecule has 0 fully saturated rings. The number of aromatic nitrogens is 3. The summed E-state index contributed by atoms with van der Waals surface area (Å²) >= 11 is 1.38. The van der Waals surface area contributed by atoms with E-state index >= 15 is 0 Å². The Hall–Kier alpha value is -2.80. The van der Waals surface area contributed by atoms with Crippen LogP contribution in [0.3, 0.4) is 0 Å². The Labute approximate surface area is 137 Å². The third-order valence-electron chi connectivity index (χ3n) is 3.04. The highest BCUT2D eigenvalue weighted by Gasteiger charge is 2.08. The van der Waals surface area contributed by atoms with Crippen LogP contribution in [0.25, 0.3) is 0 Å². The van der Waals surface area contributed by atoms with E-state index < -0.39 is 0 Å². The molecule has 2 aromatic heterocycles. The predicted octanol–water partition coefficient (Wildman–Crippen LogP) is 3.55. The first-order chi connectivity index (χ1) is 11.1. The van der Waals surface area contributed by atoms with Crippen LogP contribution in [0, 0.1) is 13.8 Å². The summed E-state index contributed by atoms with van der Waals surface area (Å²) in [4.78, 5) is 24.8. The van der Waals surface area contributed by atoms with Crippen molar-refractivity contribution >= 4 is 34.0 Å². The second kappa shape index (κ2) is 6.53. The number of carbonyl (C=O) groups excluding carboxylic acids is 1. The molecule has 0 bridgehead atoms. The molecule has 3 aromatic rings. The molecular formula is C16H15N5OS. The van der Waals surface area contributed by atoms with Crippen molar-refractivity contribution in [2.75, 3.05) is 10.6 Å². The molecule has 1 aromatic carbocycles. The van der Waals surface area contributed by atoms with E-state index in [1.54, 1.807) is 18.3 Å². The van der Waals surface area contributed by atoms with E-state index in [-0.39, 0.29) is 5.91 Å². The highest BCUT2D eigenvalue weighted by molar-refractivity contribution is 7.13. The van der Waals surface area contributed by atoms with Gasteiger partial charge in [-0.1, -0.05) is 0 Å². The molecule has 0 saturated carbocycles. The maximum absolute atomic E-state index is 12.1. The number of thiazole rings is 1. The first-order valence-corrected chi connectivity index (χ1v) is 7.88. The molecule has 0 aliphatic carbocycles. The molecule has 0 atom stereocenters. The van der Waals surface area contributed by atoms with Crippen LogP contribution < -0.4 is 10.6 Å². The van der Waals surface area contributed by atoms with Gasteiger partial charge >= 0.3 is 0 Å². The largest absolute Gasteiger partial charge is 0.324 e. The number of anilines is 3. The molecule has 3 rings (SSSR count). The second-order valence-electron chi connectivity index (χ2n) is 4.97. The Bertz CT molecular complexity index is 795. The molecule has 0 spiro atoms. The zero-order valence-corrected chi connectivity index (χ0v) is 13.5. The topological polar surface area (TPSA) is 79.8 Å². The Balaban J connectivity index is 1.70. The lowest BCUT2D eigenvalue weighted by molar-refractivity contribution is 0.102. The summed E-state index contributed by atoms with van der Waals surface area (Å²) in [5, 5.41) is 8.27. The molecule has 0 radical (unpaired) electrons. The SMILES string of the molecule is Cc1cc(C)nc(Nc2ccc(C(=O)Nc3nccs3)cc2)n1. The Morgan fingerprint density at radius 3 is 2.39 bits per heavy atom. The van der Waals surface area contributed by atoms with Gasteiger partial charge in [0.2, 0.25) is 5.95 Å². The minimum absolute atomic E-state index is 0.186. The van der Waals surface area contributed by atoms with Crippen LogP contribution in [0.1, 0.15) is 21.7 Å². The number of amides is 1. The Morgan fingerprint density at radius 1 is 1.09 bits per heavy atom. The van der Waals surface area contributed by atoms with Crippen LogP contribution >= 0.6 is 11.3 Å². The molecule has 1 amide bonds. The zero-order chi connectivity index (χ0) is 16.2. The number of hydrogen-bond donors (Lipinski definition) is 2. The van der Waals surface area contributed by atoms with Crippen molar-refractivity contribution in [3.05, 3.63) is 58.9 Å². The Morgan fingerprint density at radius 2 is 1.78 bits per heavy atom. The van der Waals surface area contributed by atoms with Crippen LogP contribution in [-0.4, -0.2) is 20.9 Å². The van der Waals surface area contributed by atoms with Crippen LogP contribution in [0.4, 0.5) is 16.8 Å². The predicted molar refractivity (Wildman–Crippen MR) is 91.3 cm³/mol. The number of rotatable bonds is 4. The van der Waals surface area contributed by atoms with Gasteiger partial charge in [-0.15, -0.1) is 11.3 Å². The summed E-state index contributed by atoms with van der Waals surface area (Å²) in [5.74, 6) is 0.358. The minimum Gasteiger partial charge on any atom is -0.324 e. The van der Waals surface area contributed by atoms with E-state index in [1.165, 1.54) is 11.3 Å². The molecule has 2 N–H and O–H groups in total. The number of carbonyl (C=O) groups is 1. The highest BCUT2D eigenvalue weighted by atomic mass is 32.1. The molecule has 0 unspecified atom stereocenters. The molecule has 2 heterocycles. The minimum atomic E-state index is -0.186. The first-order valence-electron chi connectivity index (χ1n) is 7.00. The smallest absolute Gasteiger partial charge is 0.257 e. The van der Waals surface area contributed by atoms with Crippen molar-refractivity contribution in [3.8, 4) is 0 Å². The van der Waals surface area contributed by atoms with Gasteiger partial charge in [0.1, 0.15) is 0 Å². The van der Waals surface area contributed by atoms with Crippen LogP contribution in [0.15, 0.2) is 41.9 Å². The number of hydrogen-bond acceptors (Lipinski definition) is 6. The van der Waals surface area contributed by atoms with Crippen molar-refractivity contribution in [1.82, 2.24) is 15.0 Å². The third-order valence-corrected chi connectivity index (χ3v) is 3.73. The van der Waals surface area contributed by atoms with Gasteiger partial charge in [0, 0.05) is 34.2 Å². The van der Waals surface area contributed by atoms with E-state index in [1.807, 2.05) is 37.4 Å². The maximum atomic E-state index is 12.1. The summed E-state index contributed by atoms with van der Waals surface area (Å²) in [5.41, 5.74) is 3.19. The lowest BCUT2D eigenvalue weighted by Crippen LogP contribution is -2.11. The number of benzene rings is 1. The van der Waals surface area contributed by atoms with E-state index in [9.17, 15) is 4.79 Å². The van der Waals surface area contributed by atoms with Gasteiger partial charge in [0.25, 0.3) is 5.91 Å². The van der Waals surface area contributed by atoms with Gasteiger partial charge in [-0.05, 0) is 44.2 Å². The monoisotopic (exact) mass is 325 g/mol. The summed E-state index contributed by atoms with van der Waals surface area (Å²) in [6.45, 7) is 3.85. The number of nitrogens with zero attached hydrogens (tertiary/aromatic N) is 3. The fraction of sp³-hybridized carbons (Fsp3) is 0.125. The Kier molecular flexibility index (Phi) is 4.29. The quantitative estimate of drug-likeness (QED) is 0.767. The lowest BCUT2D eigenvalue weighted by Gasteiger charge is -2.07. The van der Waals surface area contributed by atoms with Crippen molar-refractivity contribution in [2.45, 2.75) is 13.8 Å². The van der Waals surface area contributed by atoms with Gasteiger partial charge < -0.3 is 5.32 Å². The van der Waals surface area contributed by atoms with E-state index in [0.29, 0.717) is 16.6 Å². The average molecular weight is 325 g/mol. The number of nitrogens with one attached hydrogen (secondary N) is 2. The molecule has 116 valence electrons. The van der Waals surface area contributed by atoms with Gasteiger partial charge in [0.15, 0.2) is 5.13 Å². The van der Waals surface area contributed by atoms with E-state index in [4.69, 9.17) is 0 Å². The van der Waals surface area contributed by atoms with Crippen LogP contribution in [0.2, 0.25) is 0 Å². The van der Waals surface area contributed by atoms with Crippen molar-refractivity contribution in [3.63, 3.8) is 0 Å². The van der Waals surface area contributed by atoms with Gasteiger partial charge in [-0.2, -0.15) is 0 Å². The van der Waals surface area contributed by atoms with Crippen molar-refractivity contribution in [1.29, 1.82) is 0 Å². The van der Waals surface area contributed by atoms with E-state index in [2.05, 4.69) is 25.6 Å². The first kappa shape index (κ1) is 15.1. The van der Waals surface area contributed by atoms with Gasteiger partial charge in [0.05, 0.1) is 0 Å². The summed E-state index contributed by atoms with van der Waals surface area (Å²) in [7, 11) is 0. The lowest BCUT2D eigenvalue weighted by atomic mass is 10.2. The standard InChI is InChI=1S/C16H15N5OS/c1-10-9-11(2)19-15(18-10)20-13-5-3-12(4-6-13)14(22)21-16-17-7-8-23-16/h3-9H,1-2H3,(H,17,21,22)(H,18,19,20). The fourth-order valence-corrected chi connectivity index (χ4v) is 2.59. The molecule has 23 heavy (non-hydrogen) atoms. The molecule has 0 aliphatic rings. The van der Waals surface area contributed by atoms with Crippen molar-refractivity contribution in [2.24, 2.45) is 0 Å². The highest BCUT2D eigenvalue weighted by Crippen LogP contribution is 2.17. The molecule has 7 heteroatoms.